The number of cyclic esters (lactones) is 1. The van der Waals surface area contributed by atoms with Gasteiger partial charge in [-0.3, -0.25) is 9.69 Å². The van der Waals surface area contributed by atoms with Crippen molar-refractivity contribution in [1.82, 2.24) is 4.90 Å². The molecule has 5 heteroatoms. The van der Waals surface area contributed by atoms with Crippen LogP contribution in [0.3, 0.4) is 0 Å². The van der Waals surface area contributed by atoms with Crippen LogP contribution in [0.1, 0.15) is 6.42 Å². The minimum Gasteiger partial charge on any atom is -0.464 e. The van der Waals surface area contributed by atoms with Gasteiger partial charge in [-0.15, -0.1) is 0 Å². The monoisotopic (exact) mass is 187 g/mol. The molecule has 0 saturated carbocycles. The van der Waals surface area contributed by atoms with Gasteiger partial charge in [-0.2, -0.15) is 0 Å². The van der Waals surface area contributed by atoms with E-state index in [4.69, 9.17) is 4.74 Å². The Kier molecular flexibility index (Phi) is 2.23. The first-order valence-corrected chi connectivity index (χ1v) is 4.45. The van der Waals surface area contributed by atoms with Crippen molar-refractivity contribution in [3.8, 4) is 0 Å². The van der Waals surface area contributed by atoms with Gasteiger partial charge in [0.15, 0.2) is 0 Å². The second-order valence-electron chi connectivity index (χ2n) is 3.56. The fourth-order valence-corrected chi connectivity index (χ4v) is 1.87. The number of aliphatic hydroxyl groups excluding tert-OH is 2. The highest BCUT2D eigenvalue weighted by Gasteiger charge is 2.39. The van der Waals surface area contributed by atoms with E-state index in [9.17, 15) is 15.0 Å². The predicted molar refractivity (Wildman–Crippen MR) is 43.0 cm³/mol. The number of carbonyl (C=O) groups is 1. The van der Waals surface area contributed by atoms with Crippen LogP contribution in [0, 0.1) is 0 Å². The van der Waals surface area contributed by atoms with E-state index in [1.807, 2.05) is 0 Å². The molecule has 0 aliphatic carbocycles. The Labute approximate surface area is 75.9 Å². The molecule has 0 aromatic heterocycles. The average Bonchev–Trinajstić information content (AvgIpc) is 2.60. The summed E-state index contributed by atoms with van der Waals surface area (Å²) in [6.07, 6.45) is -0.792. The Morgan fingerprint density at radius 2 is 1.92 bits per heavy atom. The second kappa shape index (κ2) is 3.25. The largest absolute Gasteiger partial charge is 0.464 e. The Bertz CT molecular complexity index is 210. The van der Waals surface area contributed by atoms with Crippen molar-refractivity contribution in [3.05, 3.63) is 0 Å². The van der Waals surface area contributed by atoms with Gasteiger partial charge in [-0.1, -0.05) is 0 Å². The lowest BCUT2D eigenvalue weighted by atomic mass is 10.2. The fourth-order valence-electron chi connectivity index (χ4n) is 1.87. The van der Waals surface area contributed by atoms with E-state index in [-0.39, 0.29) is 12.0 Å². The van der Waals surface area contributed by atoms with Gasteiger partial charge in [0.05, 0.1) is 18.8 Å². The summed E-state index contributed by atoms with van der Waals surface area (Å²) >= 11 is 0. The maximum Gasteiger partial charge on any atom is 0.323 e. The highest BCUT2D eigenvalue weighted by Crippen LogP contribution is 2.19. The normalized spacial score (nSPS) is 41.1. The van der Waals surface area contributed by atoms with Crippen LogP contribution in [0.5, 0.6) is 0 Å². The molecule has 0 amide bonds. The molecule has 2 aliphatic heterocycles. The van der Waals surface area contributed by atoms with Crippen LogP contribution in [-0.4, -0.2) is 59.0 Å². The van der Waals surface area contributed by atoms with Crippen molar-refractivity contribution in [1.29, 1.82) is 0 Å². The summed E-state index contributed by atoms with van der Waals surface area (Å²) in [6.45, 7) is 1.17. The summed E-state index contributed by atoms with van der Waals surface area (Å²) in [6, 6.07) is -0.258. The molecular weight excluding hydrogens is 174 g/mol. The molecule has 5 nitrogen and oxygen atoms in total. The van der Waals surface area contributed by atoms with Crippen LogP contribution in [-0.2, 0) is 9.53 Å². The van der Waals surface area contributed by atoms with Crippen molar-refractivity contribution in [2.45, 2.75) is 24.7 Å². The van der Waals surface area contributed by atoms with Gasteiger partial charge in [-0.25, -0.2) is 0 Å². The zero-order chi connectivity index (χ0) is 9.42. The first kappa shape index (κ1) is 8.93. The molecule has 0 bridgehead atoms. The van der Waals surface area contributed by atoms with Crippen LogP contribution in [0.15, 0.2) is 0 Å². The first-order valence-electron chi connectivity index (χ1n) is 4.45. The molecule has 3 atom stereocenters. The fraction of sp³-hybridized carbons (Fsp3) is 0.875. The van der Waals surface area contributed by atoms with Gasteiger partial charge < -0.3 is 14.9 Å². The number of esters is 1. The quantitative estimate of drug-likeness (QED) is 0.481. The molecule has 13 heavy (non-hydrogen) atoms. The standard InChI is InChI=1S/C8H13NO4/c10-6-3-9(4-7(6)11)5-1-2-13-8(5)12/h5-7,10-11H,1-4H2/t5?,6-,7+. The summed E-state index contributed by atoms with van der Waals surface area (Å²) in [5.41, 5.74) is 0. The molecule has 2 saturated heterocycles. The SMILES string of the molecule is O=C1OCCC1N1C[C@@H](O)[C@@H](O)C1. The van der Waals surface area contributed by atoms with Crippen molar-refractivity contribution >= 4 is 5.97 Å². The van der Waals surface area contributed by atoms with Gasteiger partial charge in [0, 0.05) is 19.5 Å². The zero-order valence-corrected chi connectivity index (χ0v) is 7.22. The third-order valence-electron chi connectivity index (χ3n) is 2.64. The Hall–Kier alpha value is -0.650. The average molecular weight is 187 g/mol. The summed E-state index contributed by atoms with van der Waals surface area (Å²) < 4.78 is 4.80. The summed E-state index contributed by atoms with van der Waals surface area (Å²) in [7, 11) is 0. The molecule has 2 fully saturated rings. The number of carbonyl (C=O) groups excluding carboxylic acids is 1. The number of hydrogen-bond acceptors (Lipinski definition) is 5. The van der Waals surface area contributed by atoms with Crippen LogP contribution in [0.25, 0.3) is 0 Å². The molecule has 0 aromatic rings. The van der Waals surface area contributed by atoms with E-state index in [1.54, 1.807) is 4.90 Å². The number of likely N-dealkylation sites (tertiary alicyclic amines) is 1. The predicted octanol–water partition coefficient (Wildman–Crippen LogP) is -1.66. The molecule has 74 valence electrons. The van der Waals surface area contributed by atoms with E-state index >= 15 is 0 Å². The highest BCUT2D eigenvalue weighted by molar-refractivity contribution is 5.77. The van der Waals surface area contributed by atoms with Gasteiger partial charge in [-0.05, 0) is 0 Å². The Morgan fingerprint density at radius 3 is 2.38 bits per heavy atom. The lowest BCUT2D eigenvalue weighted by molar-refractivity contribution is -0.142. The maximum absolute atomic E-state index is 11.1. The van der Waals surface area contributed by atoms with Crippen molar-refractivity contribution in [2.24, 2.45) is 0 Å². The molecular formula is C8H13NO4. The number of aliphatic hydroxyl groups is 2. The second-order valence-corrected chi connectivity index (χ2v) is 3.56. The molecule has 2 aliphatic rings. The van der Waals surface area contributed by atoms with E-state index in [1.165, 1.54) is 0 Å². The Morgan fingerprint density at radius 1 is 1.31 bits per heavy atom. The lowest BCUT2D eigenvalue weighted by Gasteiger charge is -2.18. The molecule has 2 N–H and O–H groups in total. The van der Waals surface area contributed by atoms with E-state index < -0.39 is 12.2 Å². The minimum atomic E-state index is -0.728. The maximum atomic E-state index is 11.1. The Balaban J connectivity index is 1.98. The topological polar surface area (TPSA) is 70.0 Å². The first-order chi connectivity index (χ1) is 6.18. The van der Waals surface area contributed by atoms with E-state index in [2.05, 4.69) is 0 Å². The van der Waals surface area contributed by atoms with Crippen molar-refractivity contribution in [2.75, 3.05) is 19.7 Å². The molecule has 2 rings (SSSR count). The van der Waals surface area contributed by atoms with E-state index in [0.29, 0.717) is 26.1 Å². The number of hydrogen-bond donors (Lipinski definition) is 2. The minimum absolute atomic E-state index is 0.235. The van der Waals surface area contributed by atoms with Crippen LogP contribution in [0.2, 0.25) is 0 Å². The number of nitrogens with zero attached hydrogens (tertiary/aromatic N) is 1. The van der Waals surface area contributed by atoms with Crippen molar-refractivity contribution in [3.63, 3.8) is 0 Å². The van der Waals surface area contributed by atoms with Crippen LogP contribution in [0.4, 0.5) is 0 Å². The molecule has 0 aromatic carbocycles. The summed E-state index contributed by atoms with van der Waals surface area (Å²) in [4.78, 5) is 12.9. The van der Waals surface area contributed by atoms with Gasteiger partial charge in [0.1, 0.15) is 6.04 Å². The van der Waals surface area contributed by atoms with Gasteiger partial charge >= 0.3 is 5.97 Å². The smallest absolute Gasteiger partial charge is 0.323 e. The van der Waals surface area contributed by atoms with Crippen LogP contribution >= 0.6 is 0 Å². The number of rotatable bonds is 1. The van der Waals surface area contributed by atoms with Gasteiger partial charge in [0.25, 0.3) is 0 Å². The molecule has 2 heterocycles. The third kappa shape index (κ3) is 1.54. The molecule has 0 radical (unpaired) electrons. The number of β-amino-alcohol motifs (C(OH)–C–C–N with tert-alkyl or cyclic N) is 2. The van der Waals surface area contributed by atoms with Gasteiger partial charge in [0.2, 0.25) is 0 Å². The lowest BCUT2D eigenvalue weighted by Crippen LogP contribution is -2.37. The van der Waals surface area contributed by atoms with Crippen molar-refractivity contribution < 1.29 is 19.7 Å². The molecule has 0 spiro atoms. The zero-order valence-electron chi connectivity index (χ0n) is 7.22. The molecule has 1 unspecified atom stereocenters. The number of ether oxygens (including phenoxy) is 1. The van der Waals surface area contributed by atoms with E-state index in [0.717, 1.165) is 0 Å². The third-order valence-corrected chi connectivity index (χ3v) is 2.64. The highest BCUT2D eigenvalue weighted by atomic mass is 16.5. The summed E-state index contributed by atoms with van der Waals surface area (Å²) in [5.74, 6) is -0.235. The summed E-state index contributed by atoms with van der Waals surface area (Å²) in [5, 5.41) is 18.5. The van der Waals surface area contributed by atoms with Crippen LogP contribution < -0.4 is 0 Å².